The molecule has 0 aromatic rings. The van der Waals surface area contributed by atoms with Crippen LogP contribution in [0.15, 0.2) is 0 Å². The quantitative estimate of drug-likeness (QED) is 0.617. The van der Waals surface area contributed by atoms with Crippen LogP contribution in [0.5, 0.6) is 0 Å². The van der Waals surface area contributed by atoms with Crippen molar-refractivity contribution in [1.82, 2.24) is 5.32 Å². The van der Waals surface area contributed by atoms with Crippen LogP contribution in [-0.2, 0) is 0 Å². The molecule has 0 aromatic carbocycles. The Kier molecular flexibility index (Phi) is 8.13. The number of rotatable bonds is 10. The minimum Gasteiger partial charge on any atom is -0.396 e. The highest BCUT2D eigenvalue weighted by molar-refractivity contribution is 4.89. The van der Waals surface area contributed by atoms with Crippen molar-refractivity contribution in [1.29, 1.82) is 0 Å². The summed E-state index contributed by atoms with van der Waals surface area (Å²) in [7, 11) is 0. The second kappa shape index (κ2) is 8.16. The third-order valence-electron chi connectivity index (χ3n) is 4.45. The van der Waals surface area contributed by atoms with Gasteiger partial charge in [-0.15, -0.1) is 0 Å². The maximum absolute atomic E-state index is 9.20. The molecule has 2 N–H and O–H groups in total. The zero-order chi connectivity index (χ0) is 14.2. The van der Waals surface area contributed by atoms with Crippen LogP contribution in [0.2, 0.25) is 0 Å². The molecule has 0 fully saturated rings. The molecule has 1 atom stereocenters. The molecule has 0 saturated carbocycles. The van der Waals surface area contributed by atoms with E-state index in [9.17, 15) is 5.11 Å². The van der Waals surface area contributed by atoms with Gasteiger partial charge in [0, 0.05) is 17.7 Å². The molecule has 18 heavy (non-hydrogen) atoms. The lowest BCUT2D eigenvalue weighted by atomic mass is 9.87. The lowest BCUT2D eigenvalue weighted by molar-refractivity contribution is 0.193. The molecule has 1 unspecified atom stereocenters. The molecule has 0 aliphatic heterocycles. The highest BCUT2D eigenvalue weighted by atomic mass is 16.3. The average molecular weight is 257 g/mol. The largest absolute Gasteiger partial charge is 0.396 e. The van der Waals surface area contributed by atoms with Crippen LogP contribution in [0.4, 0.5) is 0 Å². The molecule has 0 radical (unpaired) electrons. The zero-order valence-electron chi connectivity index (χ0n) is 13.5. The molecular weight excluding hydrogens is 222 g/mol. The Morgan fingerprint density at radius 1 is 1.06 bits per heavy atom. The van der Waals surface area contributed by atoms with E-state index in [0.717, 1.165) is 12.8 Å². The minimum atomic E-state index is 0.189. The van der Waals surface area contributed by atoms with Crippen molar-refractivity contribution >= 4 is 0 Å². The van der Waals surface area contributed by atoms with E-state index in [4.69, 9.17) is 0 Å². The first kappa shape index (κ1) is 17.9. The van der Waals surface area contributed by atoms with E-state index in [0.29, 0.717) is 12.5 Å². The van der Waals surface area contributed by atoms with Crippen molar-refractivity contribution in [2.45, 2.75) is 91.1 Å². The third kappa shape index (κ3) is 6.75. The van der Waals surface area contributed by atoms with Crippen molar-refractivity contribution in [3.8, 4) is 0 Å². The normalized spacial score (nSPS) is 14.8. The first-order valence-corrected chi connectivity index (χ1v) is 7.72. The predicted octanol–water partition coefficient (Wildman–Crippen LogP) is 4.12. The molecule has 0 aliphatic rings. The summed E-state index contributed by atoms with van der Waals surface area (Å²) < 4.78 is 0. The first-order chi connectivity index (χ1) is 8.32. The summed E-state index contributed by atoms with van der Waals surface area (Å²) in [5.74, 6) is 0.490. The fraction of sp³-hybridized carbons (Fsp3) is 1.00. The summed E-state index contributed by atoms with van der Waals surface area (Å²) in [6.45, 7) is 13.9. The van der Waals surface area contributed by atoms with Crippen LogP contribution in [0.3, 0.4) is 0 Å². The van der Waals surface area contributed by atoms with Crippen molar-refractivity contribution in [3.63, 3.8) is 0 Å². The number of aliphatic hydroxyl groups excluding tert-OH is 1. The van der Waals surface area contributed by atoms with Gasteiger partial charge in [-0.05, 0) is 52.4 Å². The van der Waals surface area contributed by atoms with E-state index in [1.807, 2.05) is 0 Å². The SMILES string of the molecule is CCC(CO)CCCC(C)(C)NC(C)(CC)CC. The lowest BCUT2D eigenvalue weighted by Gasteiger charge is -2.39. The number of nitrogens with one attached hydrogen (secondary N) is 1. The highest BCUT2D eigenvalue weighted by Gasteiger charge is 2.28. The van der Waals surface area contributed by atoms with Crippen molar-refractivity contribution in [3.05, 3.63) is 0 Å². The monoisotopic (exact) mass is 257 g/mol. The minimum absolute atomic E-state index is 0.189. The molecular formula is C16H35NO. The molecule has 0 heterocycles. The molecule has 0 aliphatic carbocycles. The van der Waals surface area contributed by atoms with E-state index in [2.05, 4.69) is 46.9 Å². The fourth-order valence-corrected chi connectivity index (χ4v) is 2.56. The predicted molar refractivity (Wildman–Crippen MR) is 80.9 cm³/mol. The van der Waals surface area contributed by atoms with Gasteiger partial charge >= 0.3 is 0 Å². The summed E-state index contributed by atoms with van der Waals surface area (Å²) in [5, 5.41) is 13.0. The van der Waals surface area contributed by atoms with Crippen LogP contribution >= 0.6 is 0 Å². The summed E-state index contributed by atoms with van der Waals surface area (Å²) in [6.07, 6.45) is 6.95. The van der Waals surface area contributed by atoms with E-state index in [1.165, 1.54) is 25.7 Å². The highest BCUT2D eigenvalue weighted by Crippen LogP contribution is 2.23. The topological polar surface area (TPSA) is 32.3 Å². The number of aliphatic hydroxyl groups is 1. The summed E-state index contributed by atoms with van der Waals surface area (Å²) in [4.78, 5) is 0. The third-order valence-corrected chi connectivity index (χ3v) is 4.45. The van der Waals surface area contributed by atoms with Crippen LogP contribution in [0.1, 0.15) is 80.1 Å². The van der Waals surface area contributed by atoms with Crippen LogP contribution in [0.25, 0.3) is 0 Å². The van der Waals surface area contributed by atoms with Gasteiger partial charge in [0.15, 0.2) is 0 Å². The Morgan fingerprint density at radius 3 is 2.00 bits per heavy atom. The molecule has 0 rings (SSSR count). The van der Waals surface area contributed by atoms with E-state index in [1.54, 1.807) is 0 Å². The molecule has 110 valence electrons. The number of hydrogen-bond donors (Lipinski definition) is 2. The maximum atomic E-state index is 9.20. The van der Waals surface area contributed by atoms with Gasteiger partial charge in [-0.25, -0.2) is 0 Å². The molecule has 2 heteroatoms. The molecule has 0 saturated heterocycles. The average Bonchev–Trinajstić information content (AvgIpc) is 2.34. The van der Waals surface area contributed by atoms with Crippen molar-refractivity contribution in [2.24, 2.45) is 5.92 Å². The van der Waals surface area contributed by atoms with Crippen molar-refractivity contribution in [2.75, 3.05) is 6.61 Å². The van der Waals surface area contributed by atoms with Crippen molar-refractivity contribution < 1.29 is 5.11 Å². The van der Waals surface area contributed by atoms with Crippen LogP contribution in [-0.4, -0.2) is 22.8 Å². The Bertz CT molecular complexity index is 205. The van der Waals surface area contributed by atoms with Gasteiger partial charge in [-0.2, -0.15) is 0 Å². The van der Waals surface area contributed by atoms with Gasteiger partial charge < -0.3 is 10.4 Å². The van der Waals surface area contributed by atoms with E-state index < -0.39 is 0 Å². The molecule has 0 spiro atoms. The summed E-state index contributed by atoms with van der Waals surface area (Å²) in [5.41, 5.74) is 0.444. The Morgan fingerprint density at radius 2 is 1.61 bits per heavy atom. The maximum Gasteiger partial charge on any atom is 0.0459 e. The second-order valence-corrected chi connectivity index (χ2v) is 6.63. The smallest absolute Gasteiger partial charge is 0.0459 e. The van der Waals surface area contributed by atoms with Crippen LogP contribution < -0.4 is 5.32 Å². The fourth-order valence-electron chi connectivity index (χ4n) is 2.56. The second-order valence-electron chi connectivity index (χ2n) is 6.63. The standard InChI is InChI=1S/C16H35NO/c1-7-14(13-18)11-10-12-15(4,5)17-16(6,8-2)9-3/h14,17-18H,7-13H2,1-6H3. The van der Waals surface area contributed by atoms with Gasteiger partial charge in [-0.1, -0.05) is 33.6 Å². The van der Waals surface area contributed by atoms with Gasteiger partial charge in [0.2, 0.25) is 0 Å². The Balaban J connectivity index is 4.14. The molecule has 2 nitrogen and oxygen atoms in total. The van der Waals surface area contributed by atoms with E-state index in [-0.39, 0.29) is 11.1 Å². The zero-order valence-corrected chi connectivity index (χ0v) is 13.5. The number of hydrogen-bond acceptors (Lipinski definition) is 2. The Labute approximate surface area is 115 Å². The first-order valence-electron chi connectivity index (χ1n) is 7.72. The molecule has 0 aromatic heterocycles. The summed E-state index contributed by atoms with van der Waals surface area (Å²) >= 11 is 0. The van der Waals surface area contributed by atoms with Gasteiger partial charge in [0.05, 0.1) is 0 Å². The lowest BCUT2D eigenvalue weighted by Crippen LogP contribution is -2.53. The summed E-state index contributed by atoms with van der Waals surface area (Å²) in [6, 6.07) is 0. The van der Waals surface area contributed by atoms with Gasteiger partial charge in [0.25, 0.3) is 0 Å². The molecule has 0 amide bonds. The van der Waals surface area contributed by atoms with Crippen LogP contribution in [0, 0.1) is 5.92 Å². The molecule has 0 bridgehead atoms. The van der Waals surface area contributed by atoms with Gasteiger partial charge in [-0.3, -0.25) is 0 Å². The Hall–Kier alpha value is -0.0800. The van der Waals surface area contributed by atoms with Gasteiger partial charge in [0.1, 0.15) is 0 Å². The van der Waals surface area contributed by atoms with E-state index >= 15 is 0 Å².